The van der Waals surface area contributed by atoms with E-state index in [1.165, 1.54) is 36.4 Å². The van der Waals surface area contributed by atoms with Crippen molar-refractivity contribution in [2.45, 2.75) is 4.90 Å². The number of hydrogen-bond donors (Lipinski definition) is 3. The number of rotatable bonds is 4. The van der Waals surface area contributed by atoms with Crippen LogP contribution in [0.4, 0.5) is 5.69 Å². The molecule has 9 heteroatoms. The van der Waals surface area contributed by atoms with Gasteiger partial charge in [0, 0.05) is 5.69 Å². The first kappa shape index (κ1) is 16.4. The number of sulfonamides is 1. The highest BCUT2D eigenvalue weighted by Gasteiger charge is 2.21. The van der Waals surface area contributed by atoms with Crippen LogP contribution >= 0.6 is 23.2 Å². The van der Waals surface area contributed by atoms with Crippen LogP contribution < -0.4 is 10.5 Å². The molecule has 0 spiro atoms. The normalized spacial score (nSPS) is 11.2. The number of hydrogen-bond acceptors (Lipinski definition) is 4. The van der Waals surface area contributed by atoms with Gasteiger partial charge in [-0.15, -0.1) is 0 Å². The molecule has 2 rings (SSSR count). The Bertz CT molecular complexity index is 853. The van der Waals surface area contributed by atoms with E-state index in [0.29, 0.717) is 0 Å². The van der Waals surface area contributed by atoms with E-state index >= 15 is 0 Å². The highest BCUT2D eigenvalue weighted by atomic mass is 35.5. The maximum absolute atomic E-state index is 12.3. The van der Waals surface area contributed by atoms with Crippen LogP contribution in [0.25, 0.3) is 0 Å². The highest BCUT2D eigenvalue weighted by molar-refractivity contribution is 7.92. The van der Waals surface area contributed by atoms with Crippen LogP contribution in [-0.4, -0.2) is 19.4 Å². The van der Waals surface area contributed by atoms with E-state index in [2.05, 4.69) is 4.72 Å². The molecule has 0 saturated heterocycles. The molecule has 4 N–H and O–H groups in total. The fourth-order valence-electron chi connectivity index (χ4n) is 1.70. The maximum Gasteiger partial charge on any atom is 0.265 e. The number of phenolic OH excluding ortho intramolecular Hbond substituents is 1. The maximum atomic E-state index is 12.3. The van der Waals surface area contributed by atoms with E-state index < -0.39 is 26.6 Å². The molecule has 0 bridgehead atoms. The molecule has 6 nitrogen and oxygen atoms in total. The summed E-state index contributed by atoms with van der Waals surface area (Å²) in [6.45, 7) is 0. The van der Waals surface area contributed by atoms with Crippen LogP contribution in [-0.2, 0) is 10.0 Å². The van der Waals surface area contributed by atoms with Crippen molar-refractivity contribution >= 4 is 44.8 Å². The van der Waals surface area contributed by atoms with Gasteiger partial charge in [-0.3, -0.25) is 9.52 Å². The number of aromatic hydroxyl groups is 1. The molecule has 0 atom stereocenters. The van der Waals surface area contributed by atoms with Gasteiger partial charge in [-0.1, -0.05) is 29.3 Å². The molecule has 0 unspecified atom stereocenters. The molecule has 2 aromatic carbocycles. The minimum absolute atomic E-state index is 0.0304. The topological polar surface area (TPSA) is 109 Å². The summed E-state index contributed by atoms with van der Waals surface area (Å²) in [7, 11) is -4.10. The summed E-state index contributed by atoms with van der Waals surface area (Å²) < 4.78 is 26.7. The third kappa shape index (κ3) is 3.27. The highest BCUT2D eigenvalue weighted by Crippen LogP contribution is 2.32. The van der Waals surface area contributed by atoms with Gasteiger partial charge in [-0.2, -0.15) is 0 Å². The average molecular weight is 361 g/mol. The molecule has 0 aliphatic carbocycles. The second kappa shape index (κ2) is 6.04. The van der Waals surface area contributed by atoms with Gasteiger partial charge in [-0.25, -0.2) is 8.42 Å². The van der Waals surface area contributed by atoms with E-state index in [1.54, 1.807) is 0 Å². The summed E-state index contributed by atoms with van der Waals surface area (Å²) in [5.74, 6) is -1.36. The number of anilines is 1. The molecule has 116 valence electrons. The van der Waals surface area contributed by atoms with Gasteiger partial charge >= 0.3 is 0 Å². The van der Waals surface area contributed by atoms with E-state index in [9.17, 15) is 18.3 Å². The van der Waals surface area contributed by atoms with E-state index in [4.69, 9.17) is 28.9 Å². The Labute approximate surface area is 136 Å². The number of amides is 1. The number of primary amides is 1. The molecule has 0 saturated carbocycles. The minimum Gasteiger partial charge on any atom is -0.505 e. The molecular formula is C13H10Cl2N2O4S. The van der Waals surface area contributed by atoms with Crippen molar-refractivity contribution in [3.05, 3.63) is 52.0 Å². The zero-order valence-electron chi connectivity index (χ0n) is 10.9. The van der Waals surface area contributed by atoms with Crippen LogP contribution in [0.5, 0.6) is 5.75 Å². The minimum atomic E-state index is -4.10. The van der Waals surface area contributed by atoms with Crippen LogP contribution in [0.2, 0.25) is 10.0 Å². The molecule has 0 aliphatic rings. The number of benzene rings is 2. The third-order valence-electron chi connectivity index (χ3n) is 2.72. The van der Waals surface area contributed by atoms with Gasteiger partial charge in [0.2, 0.25) is 5.91 Å². The largest absolute Gasteiger partial charge is 0.505 e. The van der Waals surface area contributed by atoms with E-state index in [0.717, 1.165) is 0 Å². The Balaban J connectivity index is 2.43. The summed E-state index contributed by atoms with van der Waals surface area (Å²) in [4.78, 5) is 10.8. The number of halogens is 2. The van der Waals surface area contributed by atoms with Crippen LogP contribution in [0.3, 0.4) is 0 Å². The predicted molar refractivity (Wildman–Crippen MR) is 83.9 cm³/mol. The van der Waals surface area contributed by atoms with Crippen molar-refractivity contribution in [2.75, 3.05) is 4.72 Å². The lowest BCUT2D eigenvalue weighted by Crippen LogP contribution is -2.15. The summed E-state index contributed by atoms with van der Waals surface area (Å²) in [6.07, 6.45) is 0. The van der Waals surface area contributed by atoms with Gasteiger partial charge in [0.1, 0.15) is 4.90 Å². The molecular weight excluding hydrogens is 351 g/mol. The van der Waals surface area contributed by atoms with Gasteiger partial charge in [0.15, 0.2) is 5.75 Å². The number of para-hydroxylation sites is 1. The van der Waals surface area contributed by atoms with Crippen LogP contribution in [0.15, 0.2) is 41.3 Å². The summed E-state index contributed by atoms with van der Waals surface area (Å²) in [6, 6.07) is 7.81. The lowest BCUT2D eigenvalue weighted by atomic mass is 10.2. The molecule has 22 heavy (non-hydrogen) atoms. The number of nitrogens with two attached hydrogens (primary N) is 1. The van der Waals surface area contributed by atoms with Crippen molar-refractivity contribution < 1.29 is 18.3 Å². The van der Waals surface area contributed by atoms with Gasteiger partial charge in [0.25, 0.3) is 10.0 Å². The second-order valence-electron chi connectivity index (χ2n) is 4.25. The number of phenols is 1. The number of carbonyl (C=O) groups is 1. The SMILES string of the molecule is NC(=O)c1cc(NS(=O)(=O)c2cccc(Cl)c2O)ccc1Cl. The standard InChI is InChI=1S/C13H10Cl2N2O4S/c14-9-5-4-7(6-8(9)13(16)19)17-22(20,21)11-3-1-2-10(15)12(11)18/h1-6,17-18H,(H2,16,19). The van der Waals surface area contributed by atoms with Gasteiger partial charge in [0.05, 0.1) is 15.6 Å². The Hall–Kier alpha value is -1.96. The van der Waals surface area contributed by atoms with Crippen LogP contribution in [0.1, 0.15) is 10.4 Å². The fraction of sp³-hybridized carbons (Fsp3) is 0. The lowest BCUT2D eigenvalue weighted by molar-refractivity contribution is 0.100. The summed E-state index contributed by atoms with van der Waals surface area (Å²) in [5.41, 5.74) is 5.18. The summed E-state index contributed by atoms with van der Waals surface area (Å²) >= 11 is 11.5. The first-order valence-corrected chi connectivity index (χ1v) is 8.06. The molecule has 2 aromatic rings. The molecule has 0 radical (unpaired) electrons. The lowest BCUT2D eigenvalue weighted by Gasteiger charge is -2.11. The van der Waals surface area contributed by atoms with E-state index in [-0.39, 0.29) is 21.3 Å². The molecule has 0 aliphatic heterocycles. The van der Waals surface area contributed by atoms with Crippen molar-refractivity contribution in [1.29, 1.82) is 0 Å². The van der Waals surface area contributed by atoms with Gasteiger partial charge in [-0.05, 0) is 30.3 Å². The van der Waals surface area contributed by atoms with Gasteiger partial charge < -0.3 is 10.8 Å². The van der Waals surface area contributed by atoms with E-state index in [1.807, 2.05) is 0 Å². The average Bonchev–Trinajstić information content (AvgIpc) is 2.43. The molecule has 0 heterocycles. The van der Waals surface area contributed by atoms with Crippen molar-refractivity contribution in [3.63, 3.8) is 0 Å². The van der Waals surface area contributed by atoms with Crippen LogP contribution in [0, 0.1) is 0 Å². The molecule has 0 aromatic heterocycles. The van der Waals surface area contributed by atoms with Crippen molar-refractivity contribution in [1.82, 2.24) is 0 Å². The first-order chi connectivity index (χ1) is 10.2. The Morgan fingerprint density at radius 1 is 1.14 bits per heavy atom. The predicted octanol–water partition coefficient (Wildman–Crippen LogP) is 2.60. The third-order valence-corrected chi connectivity index (χ3v) is 4.77. The molecule has 0 fully saturated rings. The van der Waals surface area contributed by atoms with Crippen molar-refractivity contribution in [2.24, 2.45) is 5.73 Å². The second-order valence-corrected chi connectivity index (χ2v) is 6.72. The summed E-state index contributed by atoms with van der Waals surface area (Å²) in [5, 5.41) is 9.75. The molecule has 1 amide bonds. The quantitative estimate of drug-likeness (QED) is 0.778. The Morgan fingerprint density at radius 3 is 2.45 bits per heavy atom. The number of carbonyl (C=O) groups excluding carboxylic acids is 1. The monoisotopic (exact) mass is 360 g/mol. The Kier molecular flexibility index (Phi) is 4.50. The number of nitrogens with one attached hydrogen (secondary N) is 1. The zero-order chi connectivity index (χ0) is 16.5. The first-order valence-electron chi connectivity index (χ1n) is 5.82. The zero-order valence-corrected chi connectivity index (χ0v) is 13.2. The van der Waals surface area contributed by atoms with Crippen molar-refractivity contribution in [3.8, 4) is 5.75 Å². The Morgan fingerprint density at radius 2 is 1.82 bits per heavy atom. The smallest absolute Gasteiger partial charge is 0.265 e. The fourth-order valence-corrected chi connectivity index (χ4v) is 3.31.